The van der Waals surface area contributed by atoms with E-state index in [4.69, 9.17) is 9.47 Å². The molecule has 108 valence electrons. The maximum atomic E-state index is 5.42. The third-order valence-electron chi connectivity index (χ3n) is 3.32. The summed E-state index contributed by atoms with van der Waals surface area (Å²) < 4.78 is 10.7. The number of H-pyrrole nitrogens is 1. The number of ether oxygens (including phenoxy) is 2. The molecule has 5 nitrogen and oxygen atoms in total. The van der Waals surface area contributed by atoms with Crippen molar-refractivity contribution >= 4 is 17.0 Å². The first-order valence-corrected chi connectivity index (χ1v) is 6.70. The second-order valence-electron chi connectivity index (χ2n) is 4.61. The molecule has 0 unspecified atom stereocenters. The van der Waals surface area contributed by atoms with Crippen molar-refractivity contribution in [3.8, 4) is 11.5 Å². The first-order valence-electron chi connectivity index (χ1n) is 6.70. The molecular formula is C16H17N3O2. The molecule has 2 aromatic carbocycles. The van der Waals surface area contributed by atoms with Gasteiger partial charge in [-0.05, 0) is 18.2 Å². The van der Waals surface area contributed by atoms with E-state index in [0.717, 1.165) is 34.0 Å². The zero-order chi connectivity index (χ0) is 14.7. The number of nitrogens with one attached hydrogen (secondary N) is 2. The summed E-state index contributed by atoms with van der Waals surface area (Å²) in [5.74, 6) is 2.20. The molecular weight excluding hydrogens is 266 g/mol. The lowest BCUT2D eigenvalue weighted by Gasteiger charge is -2.12. The topological polar surface area (TPSA) is 59.2 Å². The maximum Gasteiger partial charge on any atom is 0.201 e. The van der Waals surface area contributed by atoms with E-state index in [2.05, 4.69) is 15.3 Å². The second kappa shape index (κ2) is 5.75. The highest BCUT2D eigenvalue weighted by Crippen LogP contribution is 2.31. The van der Waals surface area contributed by atoms with E-state index in [-0.39, 0.29) is 0 Å². The lowest BCUT2D eigenvalue weighted by Crippen LogP contribution is -2.04. The molecule has 0 amide bonds. The number of nitrogens with zero attached hydrogens (tertiary/aromatic N) is 1. The molecule has 0 aliphatic heterocycles. The zero-order valence-corrected chi connectivity index (χ0v) is 12.0. The third kappa shape index (κ3) is 2.63. The summed E-state index contributed by atoms with van der Waals surface area (Å²) in [6.45, 7) is 0.597. The maximum absolute atomic E-state index is 5.42. The van der Waals surface area contributed by atoms with Crippen LogP contribution in [0.15, 0.2) is 42.5 Å². The summed E-state index contributed by atoms with van der Waals surface area (Å²) in [5, 5.41) is 3.27. The normalized spacial score (nSPS) is 10.6. The summed E-state index contributed by atoms with van der Waals surface area (Å²) >= 11 is 0. The molecule has 3 rings (SSSR count). The molecule has 21 heavy (non-hydrogen) atoms. The molecule has 0 atom stereocenters. The Morgan fingerprint density at radius 2 is 1.90 bits per heavy atom. The minimum atomic E-state index is 0.597. The summed E-state index contributed by atoms with van der Waals surface area (Å²) in [6.07, 6.45) is 0. The Morgan fingerprint density at radius 1 is 1.05 bits per heavy atom. The van der Waals surface area contributed by atoms with Crippen molar-refractivity contribution in [2.75, 3.05) is 19.5 Å². The summed E-state index contributed by atoms with van der Waals surface area (Å²) in [4.78, 5) is 7.72. The van der Waals surface area contributed by atoms with Crippen LogP contribution in [0.2, 0.25) is 0 Å². The van der Waals surface area contributed by atoms with Crippen molar-refractivity contribution in [1.29, 1.82) is 0 Å². The van der Waals surface area contributed by atoms with E-state index in [9.17, 15) is 0 Å². The minimum Gasteiger partial charge on any atom is -0.493 e. The number of imidazole rings is 1. The number of para-hydroxylation sites is 3. The lowest BCUT2D eigenvalue weighted by molar-refractivity contribution is 0.352. The van der Waals surface area contributed by atoms with Gasteiger partial charge in [-0.15, -0.1) is 0 Å². The average molecular weight is 283 g/mol. The van der Waals surface area contributed by atoms with E-state index in [0.29, 0.717) is 6.54 Å². The Hall–Kier alpha value is -2.69. The van der Waals surface area contributed by atoms with Gasteiger partial charge in [-0.25, -0.2) is 4.98 Å². The predicted octanol–water partition coefficient (Wildman–Crippen LogP) is 3.19. The quantitative estimate of drug-likeness (QED) is 0.755. The van der Waals surface area contributed by atoms with Crippen molar-refractivity contribution in [3.05, 3.63) is 48.0 Å². The van der Waals surface area contributed by atoms with Crippen LogP contribution < -0.4 is 14.8 Å². The molecule has 0 radical (unpaired) electrons. The van der Waals surface area contributed by atoms with Gasteiger partial charge in [0.05, 0.1) is 25.3 Å². The molecule has 2 N–H and O–H groups in total. The van der Waals surface area contributed by atoms with E-state index < -0.39 is 0 Å². The van der Waals surface area contributed by atoms with Gasteiger partial charge in [0.15, 0.2) is 11.5 Å². The first kappa shape index (κ1) is 13.3. The third-order valence-corrected chi connectivity index (χ3v) is 3.32. The number of hydrogen-bond donors (Lipinski definition) is 2. The van der Waals surface area contributed by atoms with Gasteiger partial charge in [-0.3, -0.25) is 0 Å². The fraction of sp³-hybridized carbons (Fsp3) is 0.188. The Morgan fingerprint density at radius 3 is 2.67 bits per heavy atom. The molecule has 0 fully saturated rings. The number of fused-ring (bicyclic) bond motifs is 1. The number of aromatic nitrogens is 2. The minimum absolute atomic E-state index is 0.597. The van der Waals surface area contributed by atoms with Gasteiger partial charge in [0.2, 0.25) is 5.95 Å². The van der Waals surface area contributed by atoms with Crippen LogP contribution in [0, 0.1) is 0 Å². The highest BCUT2D eigenvalue weighted by Gasteiger charge is 2.09. The van der Waals surface area contributed by atoms with Crippen LogP contribution in [-0.2, 0) is 6.54 Å². The molecule has 5 heteroatoms. The number of benzene rings is 2. The van der Waals surface area contributed by atoms with Crippen LogP contribution in [0.3, 0.4) is 0 Å². The Kier molecular flexibility index (Phi) is 3.64. The number of rotatable bonds is 5. The van der Waals surface area contributed by atoms with E-state index in [1.807, 2.05) is 42.5 Å². The van der Waals surface area contributed by atoms with Crippen molar-refractivity contribution in [2.45, 2.75) is 6.54 Å². The van der Waals surface area contributed by atoms with Crippen LogP contribution in [0.5, 0.6) is 11.5 Å². The fourth-order valence-electron chi connectivity index (χ4n) is 2.31. The molecule has 1 aromatic heterocycles. The van der Waals surface area contributed by atoms with Gasteiger partial charge in [0.1, 0.15) is 0 Å². The molecule has 0 spiro atoms. The second-order valence-corrected chi connectivity index (χ2v) is 4.61. The number of methoxy groups -OCH3 is 2. The number of anilines is 1. The first-order chi connectivity index (χ1) is 10.3. The van der Waals surface area contributed by atoms with Gasteiger partial charge in [0, 0.05) is 12.1 Å². The molecule has 0 aliphatic carbocycles. The van der Waals surface area contributed by atoms with Crippen molar-refractivity contribution in [2.24, 2.45) is 0 Å². The largest absolute Gasteiger partial charge is 0.493 e. The van der Waals surface area contributed by atoms with Crippen molar-refractivity contribution in [3.63, 3.8) is 0 Å². The van der Waals surface area contributed by atoms with Gasteiger partial charge >= 0.3 is 0 Å². The SMILES string of the molecule is COc1cccc(CNc2nc3ccccc3[nH]2)c1OC. The standard InChI is InChI=1S/C16H17N3O2/c1-20-14-9-5-6-11(15(14)21-2)10-17-16-18-12-7-3-4-8-13(12)19-16/h3-9H,10H2,1-2H3,(H2,17,18,19). The molecule has 3 aromatic rings. The van der Waals surface area contributed by atoms with Crippen LogP contribution >= 0.6 is 0 Å². The molecule has 0 bridgehead atoms. The zero-order valence-electron chi connectivity index (χ0n) is 12.0. The summed E-state index contributed by atoms with van der Waals surface area (Å²) in [6, 6.07) is 13.7. The Balaban J connectivity index is 1.81. The molecule has 0 saturated heterocycles. The smallest absolute Gasteiger partial charge is 0.201 e. The van der Waals surface area contributed by atoms with Crippen LogP contribution in [0.25, 0.3) is 11.0 Å². The highest BCUT2D eigenvalue weighted by molar-refractivity contribution is 5.77. The van der Waals surface area contributed by atoms with Gasteiger partial charge in [0.25, 0.3) is 0 Å². The summed E-state index contributed by atoms with van der Waals surface area (Å²) in [7, 11) is 3.27. The van der Waals surface area contributed by atoms with Crippen molar-refractivity contribution < 1.29 is 9.47 Å². The van der Waals surface area contributed by atoms with Crippen LogP contribution in [-0.4, -0.2) is 24.2 Å². The van der Waals surface area contributed by atoms with Crippen LogP contribution in [0.1, 0.15) is 5.56 Å². The monoisotopic (exact) mass is 283 g/mol. The Bertz CT molecular complexity index is 719. The number of aromatic amines is 1. The van der Waals surface area contributed by atoms with Crippen molar-refractivity contribution in [1.82, 2.24) is 9.97 Å². The van der Waals surface area contributed by atoms with E-state index in [1.165, 1.54) is 0 Å². The highest BCUT2D eigenvalue weighted by atomic mass is 16.5. The van der Waals surface area contributed by atoms with Gasteiger partial charge in [-0.2, -0.15) is 0 Å². The lowest BCUT2D eigenvalue weighted by atomic mass is 10.2. The molecule has 1 heterocycles. The van der Waals surface area contributed by atoms with Crippen LogP contribution in [0.4, 0.5) is 5.95 Å². The predicted molar refractivity (Wildman–Crippen MR) is 83.0 cm³/mol. The van der Waals surface area contributed by atoms with E-state index >= 15 is 0 Å². The number of hydrogen-bond acceptors (Lipinski definition) is 4. The van der Waals surface area contributed by atoms with Gasteiger partial charge in [-0.1, -0.05) is 24.3 Å². The molecule has 0 aliphatic rings. The average Bonchev–Trinajstić information content (AvgIpc) is 2.95. The molecule has 0 saturated carbocycles. The fourth-order valence-corrected chi connectivity index (χ4v) is 2.31. The van der Waals surface area contributed by atoms with E-state index in [1.54, 1.807) is 14.2 Å². The van der Waals surface area contributed by atoms with Gasteiger partial charge < -0.3 is 19.8 Å². The Labute approximate surface area is 122 Å². The summed E-state index contributed by atoms with van der Waals surface area (Å²) in [5.41, 5.74) is 2.97.